The number of hydrogen-bond donors (Lipinski definition) is 0. The van der Waals surface area contributed by atoms with Crippen LogP contribution in [-0.4, -0.2) is 50.6 Å². The summed E-state index contributed by atoms with van der Waals surface area (Å²) in [6.45, 7) is 2.39. The van der Waals surface area contributed by atoms with E-state index >= 15 is 0 Å². The number of carbonyl (C=O) groups excluding carboxylic acids is 1. The van der Waals surface area contributed by atoms with Crippen molar-refractivity contribution >= 4 is 17.5 Å². The molecule has 1 rings (SSSR count). The predicted molar refractivity (Wildman–Crippen MR) is 78.0 cm³/mol. The van der Waals surface area contributed by atoms with E-state index in [1.54, 1.807) is 40.3 Å². The maximum atomic E-state index is 11.6. The van der Waals surface area contributed by atoms with Gasteiger partial charge in [0.25, 0.3) is 0 Å². The van der Waals surface area contributed by atoms with Crippen molar-refractivity contribution in [2.45, 2.75) is 12.3 Å². The summed E-state index contributed by atoms with van der Waals surface area (Å²) in [7, 11) is 4.81. The average molecular weight is 302 g/mol. The Morgan fingerprint density at radius 1 is 1.30 bits per heavy atom. The number of likely N-dealkylation sites (N-methyl/N-ethyl adjacent to an activating group) is 1. The number of nitrogens with zero attached hydrogens (tertiary/aromatic N) is 1. The van der Waals surface area contributed by atoms with Crippen LogP contribution >= 0.6 is 11.6 Å². The number of methoxy groups -OCH3 is 2. The first-order valence-corrected chi connectivity index (χ1v) is 6.67. The van der Waals surface area contributed by atoms with Crippen molar-refractivity contribution in [3.8, 4) is 17.2 Å². The standard InChI is InChI=1S/C14H20ClNO4/c1-10(15)14(17)16(2)8-9-20-13-11(18-3)6-5-7-12(13)19-4/h5-7,10H,8-9H2,1-4H3. The molecular weight excluding hydrogens is 282 g/mol. The first-order chi connectivity index (χ1) is 9.51. The largest absolute Gasteiger partial charge is 0.493 e. The number of benzene rings is 1. The maximum Gasteiger partial charge on any atom is 0.240 e. The summed E-state index contributed by atoms with van der Waals surface area (Å²) in [5.74, 6) is 1.56. The summed E-state index contributed by atoms with van der Waals surface area (Å²) in [5.41, 5.74) is 0. The molecule has 1 unspecified atom stereocenters. The second-order valence-electron chi connectivity index (χ2n) is 4.22. The van der Waals surface area contributed by atoms with E-state index in [4.69, 9.17) is 25.8 Å². The normalized spacial score (nSPS) is 11.7. The van der Waals surface area contributed by atoms with E-state index < -0.39 is 5.38 Å². The number of amides is 1. The quantitative estimate of drug-likeness (QED) is 0.724. The lowest BCUT2D eigenvalue weighted by Crippen LogP contribution is -2.35. The van der Waals surface area contributed by atoms with E-state index in [1.165, 1.54) is 4.90 Å². The molecule has 1 aromatic carbocycles. The number of rotatable bonds is 7. The zero-order chi connectivity index (χ0) is 15.1. The van der Waals surface area contributed by atoms with Gasteiger partial charge < -0.3 is 19.1 Å². The van der Waals surface area contributed by atoms with Gasteiger partial charge in [0, 0.05) is 7.05 Å². The van der Waals surface area contributed by atoms with Gasteiger partial charge in [0.05, 0.1) is 20.8 Å². The highest BCUT2D eigenvalue weighted by Crippen LogP contribution is 2.36. The Morgan fingerprint density at radius 2 is 1.85 bits per heavy atom. The highest BCUT2D eigenvalue weighted by Gasteiger charge is 2.16. The lowest BCUT2D eigenvalue weighted by atomic mass is 10.3. The predicted octanol–water partition coefficient (Wildman–Crippen LogP) is 2.17. The minimum Gasteiger partial charge on any atom is -0.493 e. The van der Waals surface area contributed by atoms with Crippen molar-refractivity contribution in [3.63, 3.8) is 0 Å². The molecule has 20 heavy (non-hydrogen) atoms. The number of ether oxygens (including phenoxy) is 3. The van der Waals surface area contributed by atoms with Gasteiger partial charge in [-0.1, -0.05) is 6.07 Å². The summed E-state index contributed by atoms with van der Waals surface area (Å²) < 4.78 is 16.1. The summed E-state index contributed by atoms with van der Waals surface area (Å²) in [4.78, 5) is 13.1. The number of carbonyl (C=O) groups is 1. The van der Waals surface area contributed by atoms with Crippen LogP contribution in [0.4, 0.5) is 0 Å². The Morgan fingerprint density at radius 3 is 2.30 bits per heavy atom. The van der Waals surface area contributed by atoms with Crippen LogP contribution in [0.2, 0.25) is 0 Å². The Kier molecular flexibility index (Phi) is 6.45. The van der Waals surface area contributed by atoms with Crippen LogP contribution in [0.15, 0.2) is 18.2 Å². The average Bonchev–Trinajstić information content (AvgIpc) is 2.45. The Bertz CT molecular complexity index is 429. The first kappa shape index (κ1) is 16.4. The van der Waals surface area contributed by atoms with Gasteiger partial charge in [-0.25, -0.2) is 0 Å². The van der Waals surface area contributed by atoms with Crippen molar-refractivity contribution in [1.82, 2.24) is 4.90 Å². The minimum absolute atomic E-state index is 0.137. The molecule has 0 aromatic heterocycles. The molecule has 0 spiro atoms. The fraction of sp³-hybridized carbons (Fsp3) is 0.500. The number of para-hydroxylation sites is 1. The number of hydrogen-bond acceptors (Lipinski definition) is 4. The highest BCUT2D eigenvalue weighted by molar-refractivity contribution is 6.30. The van der Waals surface area contributed by atoms with E-state index in [2.05, 4.69) is 0 Å². The fourth-order valence-corrected chi connectivity index (χ4v) is 1.82. The lowest BCUT2D eigenvalue weighted by molar-refractivity contribution is -0.129. The topological polar surface area (TPSA) is 48.0 Å². The van der Waals surface area contributed by atoms with Gasteiger partial charge >= 0.3 is 0 Å². The summed E-state index contributed by atoms with van der Waals surface area (Å²) >= 11 is 5.74. The molecule has 5 nitrogen and oxygen atoms in total. The van der Waals surface area contributed by atoms with E-state index in [0.717, 1.165) is 0 Å². The van der Waals surface area contributed by atoms with E-state index in [0.29, 0.717) is 30.4 Å². The maximum absolute atomic E-state index is 11.6. The molecule has 6 heteroatoms. The van der Waals surface area contributed by atoms with E-state index in [1.807, 2.05) is 6.07 Å². The van der Waals surface area contributed by atoms with Gasteiger partial charge in [-0.3, -0.25) is 4.79 Å². The van der Waals surface area contributed by atoms with Gasteiger partial charge in [0.1, 0.15) is 12.0 Å². The van der Waals surface area contributed by atoms with Crippen molar-refractivity contribution in [1.29, 1.82) is 0 Å². The van der Waals surface area contributed by atoms with Crippen LogP contribution in [-0.2, 0) is 4.79 Å². The minimum atomic E-state index is -0.541. The highest BCUT2D eigenvalue weighted by atomic mass is 35.5. The number of halogens is 1. The molecule has 0 saturated carbocycles. The third-order valence-electron chi connectivity index (χ3n) is 2.77. The Labute approximate surface area is 124 Å². The van der Waals surface area contributed by atoms with E-state index in [-0.39, 0.29) is 5.91 Å². The van der Waals surface area contributed by atoms with Crippen LogP contribution in [0.5, 0.6) is 17.2 Å². The van der Waals surface area contributed by atoms with Crippen LogP contribution in [0.25, 0.3) is 0 Å². The van der Waals surface area contributed by atoms with Crippen LogP contribution in [0.3, 0.4) is 0 Å². The molecule has 0 fully saturated rings. The molecule has 112 valence electrons. The van der Waals surface area contributed by atoms with E-state index in [9.17, 15) is 4.79 Å². The molecule has 0 aliphatic heterocycles. The Balaban J connectivity index is 2.64. The van der Waals surface area contributed by atoms with Gasteiger partial charge in [-0.15, -0.1) is 11.6 Å². The molecule has 0 aliphatic rings. The molecule has 1 aromatic rings. The molecular formula is C14H20ClNO4. The summed E-state index contributed by atoms with van der Waals surface area (Å²) in [6.07, 6.45) is 0. The molecule has 0 heterocycles. The van der Waals surface area contributed by atoms with Crippen molar-refractivity contribution in [2.75, 3.05) is 34.4 Å². The SMILES string of the molecule is COc1cccc(OC)c1OCCN(C)C(=O)C(C)Cl. The molecule has 0 saturated heterocycles. The summed E-state index contributed by atoms with van der Waals surface area (Å²) in [6, 6.07) is 5.39. The molecule has 1 amide bonds. The molecule has 0 bridgehead atoms. The molecule has 0 N–H and O–H groups in total. The van der Waals surface area contributed by atoms with Crippen molar-refractivity contribution in [2.24, 2.45) is 0 Å². The molecule has 0 aliphatic carbocycles. The monoisotopic (exact) mass is 301 g/mol. The second kappa shape index (κ2) is 7.85. The molecule has 1 atom stereocenters. The second-order valence-corrected chi connectivity index (χ2v) is 4.87. The fourth-order valence-electron chi connectivity index (χ4n) is 1.66. The molecule has 0 radical (unpaired) electrons. The smallest absolute Gasteiger partial charge is 0.240 e. The summed E-state index contributed by atoms with van der Waals surface area (Å²) in [5, 5.41) is -0.541. The van der Waals surface area contributed by atoms with Gasteiger partial charge in [0.15, 0.2) is 11.5 Å². The van der Waals surface area contributed by atoms with Crippen molar-refractivity contribution in [3.05, 3.63) is 18.2 Å². The van der Waals surface area contributed by atoms with Gasteiger partial charge in [-0.2, -0.15) is 0 Å². The third kappa shape index (κ3) is 4.20. The van der Waals surface area contributed by atoms with Crippen molar-refractivity contribution < 1.29 is 19.0 Å². The Hall–Kier alpha value is -1.62. The number of alkyl halides is 1. The first-order valence-electron chi connectivity index (χ1n) is 6.24. The lowest BCUT2D eigenvalue weighted by Gasteiger charge is -2.20. The van der Waals surface area contributed by atoms with Gasteiger partial charge in [0.2, 0.25) is 11.7 Å². The zero-order valence-electron chi connectivity index (χ0n) is 12.2. The van der Waals surface area contributed by atoms with Crippen LogP contribution in [0, 0.1) is 0 Å². The van der Waals surface area contributed by atoms with Gasteiger partial charge in [-0.05, 0) is 19.1 Å². The van der Waals surface area contributed by atoms with Crippen LogP contribution in [0.1, 0.15) is 6.92 Å². The van der Waals surface area contributed by atoms with Crippen LogP contribution < -0.4 is 14.2 Å². The third-order valence-corrected chi connectivity index (χ3v) is 2.96. The zero-order valence-corrected chi connectivity index (χ0v) is 12.9.